The molecule has 1 atom stereocenters. The molecule has 1 aromatic rings. The van der Waals surface area contributed by atoms with E-state index >= 15 is 0 Å². The molecule has 0 aliphatic heterocycles. The summed E-state index contributed by atoms with van der Waals surface area (Å²) in [6.45, 7) is 6.80. The summed E-state index contributed by atoms with van der Waals surface area (Å²) < 4.78 is 5.14. The third-order valence-corrected chi connectivity index (χ3v) is 4.11. The lowest BCUT2D eigenvalue weighted by atomic mass is 9.86. The first-order valence-corrected chi connectivity index (χ1v) is 7.70. The van der Waals surface area contributed by atoms with Crippen LogP contribution in [0.15, 0.2) is 18.2 Å². The van der Waals surface area contributed by atoms with Gasteiger partial charge in [-0.1, -0.05) is 26.0 Å². The smallest absolute Gasteiger partial charge is 0.292 e. The lowest BCUT2D eigenvalue weighted by Crippen LogP contribution is -2.40. The molecule has 0 amide bonds. The van der Waals surface area contributed by atoms with Crippen LogP contribution in [0.4, 0.5) is 0 Å². The SMILES string of the molecule is CCCN(CCC)C1CCc2cccc(OC#N)c2C1. The van der Waals surface area contributed by atoms with Crippen molar-refractivity contribution in [3.05, 3.63) is 29.3 Å². The van der Waals surface area contributed by atoms with Gasteiger partial charge in [0.1, 0.15) is 5.75 Å². The van der Waals surface area contributed by atoms with Crippen molar-refractivity contribution in [1.29, 1.82) is 5.26 Å². The van der Waals surface area contributed by atoms with Gasteiger partial charge in [-0.05, 0) is 56.8 Å². The molecule has 0 aromatic heterocycles. The highest BCUT2D eigenvalue weighted by atomic mass is 16.5. The van der Waals surface area contributed by atoms with Crippen LogP contribution in [0, 0.1) is 11.5 Å². The van der Waals surface area contributed by atoms with Crippen LogP contribution in [0.2, 0.25) is 0 Å². The van der Waals surface area contributed by atoms with Crippen LogP contribution >= 0.6 is 0 Å². The van der Waals surface area contributed by atoms with Crippen molar-refractivity contribution >= 4 is 0 Å². The van der Waals surface area contributed by atoms with Gasteiger partial charge in [0.15, 0.2) is 0 Å². The maximum Gasteiger partial charge on any atom is 0.292 e. The van der Waals surface area contributed by atoms with E-state index in [1.807, 2.05) is 18.4 Å². The molecule has 2 rings (SSSR count). The van der Waals surface area contributed by atoms with Gasteiger partial charge in [0.25, 0.3) is 6.26 Å². The lowest BCUT2D eigenvalue weighted by molar-refractivity contribution is 0.179. The summed E-state index contributed by atoms with van der Waals surface area (Å²) in [5.74, 6) is 0.752. The molecule has 0 saturated carbocycles. The van der Waals surface area contributed by atoms with Crippen LogP contribution in [-0.4, -0.2) is 24.0 Å². The van der Waals surface area contributed by atoms with Crippen LogP contribution in [0.1, 0.15) is 44.2 Å². The quantitative estimate of drug-likeness (QED) is 0.743. The molecule has 1 aliphatic rings. The largest absolute Gasteiger partial charge is 0.388 e. The highest BCUT2D eigenvalue weighted by Crippen LogP contribution is 2.31. The Balaban J connectivity index is 2.18. The van der Waals surface area contributed by atoms with Gasteiger partial charge < -0.3 is 9.64 Å². The fourth-order valence-electron chi connectivity index (χ4n) is 3.24. The number of benzene rings is 1. The van der Waals surface area contributed by atoms with Crippen molar-refractivity contribution < 1.29 is 4.74 Å². The Labute approximate surface area is 122 Å². The Kier molecular flexibility index (Phi) is 5.43. The van der Waals surface area contributed by atoms with Crippen LogP contribution in [0.25, 0.3) is 0 Å². The summed E-state index contributed by atoms with van der Waals surface area (Å²) >= 11 is 0. The molecule has 20 heavy (non-hydrogen) atoms. The van der Waals surface area contributed by atoms with E-state index < -0.39 is 0 Å². The molecule has 0 N–H and O–H groups in total. The number of fused-ring (bicyclic) bond motifs is 1. The molecule has 1 aliphatic carbocycles. The van der Waals surface area contributed by atoms with Gasteiger partial charge in [0, 0.05) is 11.6 Å². The van der Waals surface area contributed by atoms with Crippen molar-refractivity contribution in [3.8, 4) is 12.0 Å². The Morgan fingerprint density at radius 3 is 2.70 bits per heavy atom. The molecule has 0 bridgehead atoms. The first-order valence-electron chi connectivity index (χ1n) is 7.70. The Bertz CT molecular complexity index is 472. The standard InChI is InChI=1S/C17H24N2O/c1-3-10-19(11-4-2)15-9-8-14-6-5-7-17(20-13-18)16(14)12-15/h5-7,15H,3-4,8-12H2,1-2H3. The first kappa shape index (κ1) is 14.9. The van der Waals surface area contributed by atoms with E-state index in [1.54, 1.807) is 0 Å². The predicted octanol–water partition coefficient (Wildman–Crippen LogP) is 3.53. The zero-order chi connectivity index (χ0) is 14.4. The molecule has 0 spiro atoms. The van der Waals surface area contributed by atoms with E-state index in [-0.39, 0.29) is 0 Å². The summed E-state index contributed by atoms with van der Waals surface area (Å²) in [4.78, 5) is 2.60. The van der Waals surface area contributed by atoms with Crippen LogP contribution in [0.3, 0.4) is 0 Å². The molecule has 0 heterocycles. The molecule has 0 fully saturated rings. The van der Waals surface area contributed by atoms with Crippen molar-refractivity contribution in [3.63, 3.8) is 0 Å². The summed E-state index contributed by atoms with van der Waals surface area (Å²) in [5, 5.41) is 8.78. The van der Waals surface area contributed by atoms with Gasteiger partial charge in [0.05, 0.1) is 0 Å². The maximum atomic E-state index is 8.78. The van der Waals surface area contributed by atoms with Gasteiger partial charge in [0.2, 0.25) is 0 Å². The number of hydrogen-bond acceptors (Lipinski definition) is 3. The third-order valence-electron chi connectivity index (χ3n) is 4.11. The zero-order valence-corrected chi connectivity index (χ0v) is 12.6. The molecular weight excluding hydrogens is 248 g/mol. The molecule has 108 valence electrons. The Morgan fingerprint density at radius 1 is 1.30 bits per heavy atom. The summed E-state index contributed by atoms with van der Waals surface area (Å²) in [6.07, 6.45) is 7.51. The molecule has 3 nitrogen and oxygen atoms in total. The van der Waals surface area contributed by atoms with Gasteiger partial charge in [-0.3, -0.25) is 0 Å². The van der Waals surface area contributed by atoms with Crippen LogP contribution in [0.5, 0.6) is 5.75 Å². The Morgan fingerprint density at radius 2 is 2.05 bits per heavy atom. The van der Waals surface area contributed by atoms with E-state index in [0.717, 1.165) is 31.7 Å². The highest BCUT2D eigenvalue weighted by molar-refractivity contribution is 5.43. The van der Waals surface area contributed by atoms with Gasteiger partial charge in [-0.2, -0.15) is 0 Å². The molecule has 0 saturated heterocycles. The van der Waals surface area contributed by atoms with Crippen molar-refractivity contribution in [1.82, 2.24) is 4.90 Å². The number of ether oxygens (including phenoxy) is 1. The second-order valence-corrected chi connectivity index (χ2v) is 5.52. The second kappa shape index (κ2) is 7.31. The van der Waals surface area contributed by atoms with Crippen molar-refractivity contribution in [2.24, 2.45) is 0 Å². The number of nitriles is 1. The Hall–Kier alpha value is -1.53. The maximum absolute atomic E-state index is 8.78. The number of hydrogen-bond donors (Lipinski definition) is 0. The number of aryl methyl sites for hydroxylation is 1. The van der Waals surface area contributed by atoms with Crippen molar-refractivity contribution in [2.75, 3.05) is 13.1 Å². The first-order chi connectivity index (χ1) is 9.80. The average Bonchev–Trinajstić information content (AvgIpc) is 2.47. The fraction of sp³-hybridized carbons (Fsp3) is 0.588. The molecule has 1 aromatic carbocycles. The van der Waals surface area contributed by atoms with Gasteiger partial charge in [-0.15, -0.1) is 5.26 Å². The minimum absolute atomic E-state index is 0.589. The summed E-state index contributed by atoms with van der Waals surface area (Å²) in [6, 6.07) is 6.65. The average molecular weight is 272 g/mol. The topological polar surface area (TPSA) is 36.3 Å². The van der Waals surface area contributed by atoms with Crippen molar-refractivity contribution in [2.45, 2.75) is 52.0 Å². The number of nitrogens with zero attached hydrogens (tertiary/aromatic N) is 2. The predicted molar refractivity (Wildman–Crippen MR) is 80.7 cm³/mol. The molecular formula is C17H24N2O. The fourth-order valence-corrected chi connectivity index (χ4v) is 3.24. The monoisotopic (exact) mass is 272 g/mol. The van der Waals surface area contributed by atoms with E-state index in [4.69, 9.17) is 10.00 Å². The minimum Gasteiger partial charge on any atom is -0.388 e. The zero-order valence-electron chi connectivity index (χ0n) is 12.6. The molecule has 3 heteroatoms. The van der Waals surface area contributed by atoms with E-state index in [2.05, 4.69) is 24.8 Å². The van der Waals surface area contributed by atoms with Crippen LogP contribution < -0.4 is 4.74 Å². The molecule has 1 unspecified atom stereocenters. The van der Waals surface area contributed by atoms with E-state index in [9.17, 15) is 0 Å². The third kappa shape index (κ3) is 3.32. The summed E-state index contributed by atoms with van der Waals surface area (Å²) in [5.41, 5.74) is 2.59. The lowest BCUT2D eigenvalue weighted by Gasteiger charge is -2.35. The highest BCUT2D eigenvalue weighted by Gasteiger charge is 2.25. The summed E-state index contributed by atoms with van der Waals surface area (Å²) in [7, 11) is 0. The van der Waals surface area contributed by atoms with Gasteiger partial charge in [-0.25, -0.2) is 0 Å². The number of rotatable bonds is 6. The van der Waals surface area contributed by atoms with Gasteiger partial charge >= 0.3 is 0 Å². The minimum atomic E-state index is 0.589. The van der Waals surface area contributed by atoms with Crippen LogP contribution in [-0.2, 0) is 12.8 Å². The van der Waals surface area contributed by atoms with E-state index in [1.165, 1.54) is 30.4 Å². The normalized spacial score (nSPS) is 17.6. The van der Waals surface area contributed by atoms with E-state index in [0.29, 0.717) is 6.04 Å². The molecule has 0 radical (unpaired) electrons. The second-order valence-electron chi connectivity index (χ2n) is 5.52.